The van der Waals surface area contributed by atoms with Crippen molar-refractivity contribution < 1.29 is 14.3 Å². The van der Waals surface area contributed by atoms with E-state index in [1.54, 1.807) is 37.3 Å². The molecule has 104 valence electrons. The SMILES string of the molecule is CCNc1ccc(C=O)c(C(=O)N(C)CCOC)c1. The summed E-state index contributed by atoms with van der Waals surface area (Å²) >= 11 is 0. The Bertz CT molecular complexity index is 446. The van der Waals surface area contributed by atoms with E-state index >= 15 is 0 Å². The van der Waals surface area contributed by atoms with Gasteiger partial charge >= 0.3 is 0 Å². The predicted octanol–water partition coefficient (Wildman–Crippen LogP) is 1.65. The fourth-order valence-corrected chi connectivity index (χ4v) is 1.69. The number of carbonyl (C=O) groups is 2. The van der Waals surface area contributed by atoms with Gasteiger partial charge in [0, 0.05) is 38.5 Å². The number of hydrogen-bond donors (Lipinski definition) is 1. The summed E-state index contributed by atoms with van der Waals surface area (Å²) in [6, 6.07) is 5.15. The highest BCUT2D eigenvalue weighted by atomic mass is 16.5. The fraction of sp³-hybridized carbons (Fsp3) is 0.429. The number of methoxy groups -OCH3 is 1. The van der Waals surface area contributed by atoms with Crippen LogP contribution in [0.1, 0.15) is 27.6 Å². The van der Waals surface area contributed by atoms with Gasteiger partial charge in [0.25, 0.3) is 5.91 Å². The average Bonchev–Trinajstić information content (AvgIpc) is 2.44. The molecule has 0 radical (unpaired) electrons. The Morgan fingerprint density at radius 2 is 2.21 bits per heavy atom. The lowest BCUT2D eigenvalue weighted by Gasteiger charge is -2.18. The molecule has 0 bridgehead atoms. The quantitative estimate of drug-likeness (QED) is 0.761. The Balaban J connectivity index is 2.98. The van der Waals surface area contributed by atoms with E-state index < -0.39 is 0 Å². The van der Waals surface area contributed by atoms with Crippen molar-refractivity contribution in [1.82, 2.24) is 4.90 Å². The third-order valence-corrected chi connectivity index (χ3v) is 2.77. The molecule has 1 amide bonds. The molecule has 0 aromatic heterocycles. The molecule has 0 spiro atoms. The summed E-state index contributed by atoms with van der Waals surface area (Å²) in [6.07, 6.45) is 0.702. The number of ether oxygens (including phenoxy) is 1. The topological polar surface area (TPSA) is 58.6 Å². The molecule has 0 aliphatic carbocycles. The molecule has 19 heavy (non-hydrogen) atoms. The standard InChI is InChI=1S/C14H20N2O3/c1-4-15-12-6-5-11(10-17)13(9-12)14(18)16(2)7-8-19-3/h5-6,9-10,15H,4,7-8H2,1-3H3. The number of nitrogens with one attached hydrogen (secondary N) is 1. The van der Waals surface area contributed by atoms with Gasteiger partial charge in [-0.15, -0.1) is 0 Å². The maximum atomic E-state index is 12.3. The van der Waals surface area contributed by atoms with E-state index in [1.807, 2.05) is 6.92 Å². The zero-order valence-electron chi connectivity index (χ0n) is 11.6. The molecule has 5 nitrogen and oxygen atoms in total. The third kappa shape index (κ3) is 4.06. The second-order valence-corrected chi connectivity index (χ2v) is 4.17. The second kappa shape index (κ2) is 7.53. The largest absolute Gasteiger partial charge is 0.385 e. The van der Waals surface area contributed by atoms with Gasteiger partial charge in [-0.25, -0.2) is 0 Å². The van der Waals surface area contributed by atoms with Crippen LogP contribution in [0.4, 0.5) is 5.69 Å². The van der Waals surface area contributed by atoms with Crippen LogP contribution in [0.15, 0.2) is 18.2 Å². The molecule has 0 unspecified atom stereocenters. The van der Waals surface area contributed by atoms with Crippen LogP contribution < -0.4 is 5.32 Å². The summed E-state index contributed by atoms with van der Waals surface area (Å²) in [4.78, 5) is 24.8. The molecular formula is C14H20N2O3. The molecule has 0 saturated carbocycles. The first kappa shape index (κ1) is 15.2. The molecule has 1 aromatic carbocycles. The van der Waals surface area contributed by atoms with E-state index in [0.717, 1.165) is 12.2 Å². The number of carbonyl (C=O) groups excluding carboxylic acids is 2. The number of aldehydes is 1. The predicted molar refractivity (Wildman–Crippen MR) is 74.8 cm³/mol. The lowest BCUT2D eigenvalue weighted by molar-refractivity contribution is 0.0741. The van der Waals surface area contributed by atoms with E-state index in [1.165, 1.54) is 0 Å². The Labute approximate surface area is 113 Å². The molecule has 1 N–H and O–H groups in total. The summed E-state index contributed by atoms with van der Waals surface area (Å²) in [5.74, 6) is -0.182. The molecule has 5 heteroatoms. The van der Waals surface area contributed by atoms with E-state index in [-0.39, 0.29) is 5.91 Å². The second-order valence-electron chi connectivity index (χ2n) is 4.17. The first-order chi connectivity index (χ1) is 9.13. The number of amides is 1. The van der Waals surface area contributed by atoms with Gasteiger partial charge in [-0.05, 0) is 25.1 Å². The summed E-state index contributed by atoms with van der Waals surface area (Å²) in [5.41, 5.74) is 1.64. The zero-order chi connectivity index (χ0) is 14.3. The summed E-state index contributed by atoms with van der Waals surface area (Å²) in [6.45, 7) is 3.68. The van der Waals surface area contributed by atoms with Crippen LogP contribution in [0.3, 0.4) is 0 Å². The number of rotatable bonds is 7. The van der Waals surface area contributed by atoms with Gasteiger partial charge in [0.2, 0.25) is 0 Å². The first-order valence-electron chi connectivity index (χ1n) is 6.21. The van der Waals surface area contributed by atoms with Crippen molar-refractivity contribution in [3.63, 3.8) is 0 Å². The lowest BCUT2D eigenvalue weighted by atomic mass is 10.1. The number of benzene rings is 1. The Kier molecular flexibility index (Phi) is 6.02. The van der Waals surface area contributed by atoms with Crippen LogP contribution in [-0.2, 0) is 4.74 Å². The van der Waals surface area contributed by atoms with Crippen molar-refractivity contribution in [3.05, 3.63) is 29.3 Å². The van der Waals surface area contributed by atoms with Crippen LogP contribution in [0.2, 0.25) is 0 Å². The van der Waals surface area contributed by atoms with Crippen molar-refractivity contribution in [2.24, 2.45) is 0 Å². The van der Waals surface area contributed by atoms with Gasteiger partial charge in [0.05, 0.1) is 12.2 Å². The van der Waals surface area contributed by atoms with E-state index in [0.29, 0.717) is 30.6 Å². The van der Waals surface area contributed by atoms with Crippen molar-refractivity contribution >= 4 is 17.9 Å². The van der Waals surface area contributed by atoms with Crippen LogP contribution in [0.25, 0.3) is 0 Å². The van der Waals surface area contributed by atoms with Crippen LogP contribution in [0.5, 0.6) is 0 Å². The smallest absolute Gasteiger partial charge is 0.254 e. The van der Waals surface area contributed by atoms with Gasteiger partial charge in [0.1, 0.15) is 0 Å². The van der Waals surface area contributed by atoms with Gasteiger partial charge < -0.3 is 15.0 Å². The molecule has 1 aromatic rings. The van der Waals surface area contributed by atoms with E-state index in [9.17, 15) is 9.59 Å². The summed E-state index contributed by atoms with van der Waals surface area (Å²) in [7, 11) is 3.27. The van der Waals surface area contributed by atoms with E-state index in [4.69, 9.17) is 4.74 Å². The minimum atomic E-state index is -0.182. The van der Waals surface area contributed by atoms with Crippen molar-refractivity contribution in [2.45, 2.75) is 6.92 Å². The molecule has 0 aliphatic heterocycles. The number of hydrogen-bond acceptors (Lipinski definition) is 4. The zero-order valence-corrected chi connectivity index (χ0v) is 11.6. The minimum absolute atomic E-state index is 0.182. The average molecular weight is 264 g/mol. The molecule has 1 rings (SSSR count). The fourth-order valence-electron chi connectivity index (χ4n) is 1.69. The van der Waals surface area contributed by atoms with E-state index in [2.05, 4.69) is 5.32 Å². The van der Waals surface area contributed by atoms with Crippen LogP contribution in [0, 0.1) is 0 Å². The summed E-state index contributed by atoms with van der Waals surface area (Å²) < 4.78 is 4.94. The minimum Gasteiger partial charge on any atom is -0.385 e. The first-order valence-corrected chi connectivity index (χ1v) is 6.21. The molecule has 0 heterocycles. The molecule has 0 saturated heterocycles. The normalized spacial score (nSPS) is 10.1. The number of likely N-dealkylation sites (N-methyl/N-ethyl adjacent to an activating group) is 1. The highest BCUT2D eigenvalue weighted by Crippen LogP contribution is 2.16. The lowest BCUT2D eigenvalue weighted by Crippen LogP contribution is -2.30. The highest BCUT2D eigenvalue weighted by Gasteiger charge is 2.16. The van der Waals surface area contributed by atoms with Gasteiger partial charge in [0.15, 0.2) is 6.29 Å². The van der Waals surface area contributed by atoms with Crippen LogP contribution in [-0.4, -0.2) is 50.9 Å². The summed E-state index contributed by atoms with van der Waals surface area (Å²) in [5, 5.41) is 3.12. The highest BCUT2D eigenvalue weighted by molar-refractivity contribution is 6.02. The molecular weight excluding hydrogens is 244 g/mol. The van der Waals surface area contributed by atoms with Crippen molar-refractivity contribution in [3.8, 4) is 0 Å². The molecule has 0 atom stereocenters. The Morgan fingerprint density at radius 3 is 2.79 bits per heavy atom. The van der Waals surface area contributed by atoms with Gasteiger partial charge in [-0.1, -0.05) is 0 Å². The third-order valence-electron chi connectivity index (χ3n) is 2.77. The van der Waals surface area contributed by atoms with Gasteiger partial charge in [-0.2, -0.15) is 0 Å². The number of nitrogens with zero attached hydrogens (tertiary/aromatic N) is 1. The maximum absolute atomic E-state index is 12.3. The monoisotopic (exact) mass is 264 g/mol. The van der Waals surface area contributed by atoms with Crippen LogP contribution >= 0.6 is 0 Å². The molecule has 0 fully saturated rings. The van der Waals surface area contributed by atoms with Crippen molar-refractivity contribution in [1.29, 1.82) is 0 Å². The number of anilines is 1. The maximum Gasteiger partial charge on any atom is 0.254 e. The van der Waals surface area contributed by atoms with Gasteiger partial charge in [-0.3, -0.25) is 9.59 Å². The Morgan fingerprint density at radius 1 is 1.47 bits per heavy atom. The Hall–Kier alpha value is -1.88. The molecule has 0 aliphatic rings. The van der Waals surface area contributed by atoms with Crippen molar-refractivity contribution in [2.75, 3.05) is 39.2 Å².